The second kappa shape index (κ2) is 8.15. The Hall–Kier alpha value is -2.23. The average molecular weight is 285 g/mol. The third kappa shape index (κ3) is 5.34. The van der Waals surface area contributed by atoms with Crippen LogP contribution < -0.4 is 10.6 Å². The Balaban J connectivity index is 1.84. The predicted molar refractivity (Wildman–Crippen MR) is 86.4 cm³/mol. The van der Waals surface area contributed by atoms with E-state index in [4.69, 9.17) is 4.42 Å². The van der Waals surface area contributed by atoms with Crippen LogP contribution in [0.5, 0.6) is 0 Å². The maximum absolute atomic E-state index is 5.32. The summed E-state index contributed by atoms with van der Waals surface area (Å²) >= 11 is 0. The molecule has 4 nitrogen and oxygen atoms in total. The average Bonchev–Trinajstić information content (AvgIpc) is 3.00. The van der Waals surface area contributed by atoms with Crippen LogP contribution in [-0.4, -0.2) is 19.0 Å². The summed E-state index contributed by atoms with van der Waals surface area (Å²) in [7, 11) is 0. The molecule has 2 rings (SSSR count). The number of nitrogens with one attached hydrogen (secondary N) is 2. The lowest BCUT2D eigenvalue weighted by atomic mass is 10.1. The molecule has 4 heteroatoms. The second-order valence-corrected chi connectivity index (χ2v) is 4.94. The first-order valence-corrected chi connectivity index (χ1v) is 7.38. The first-order valence-electron chi connectivity index (χ1n) is 7.38. The van der Waals surface area contributed by atoms with E-state index in [1.54, 1.807) is 6.26 Å². The lowest BCUT2D eigenvalue weighted by molar-refractivity contribution is 0.507. The highest BCUT2D eigenvalue weighted by Crippen LogP contribution is 2.04. The highest BCUT2D eigenvalue weighted by Gasteiger charge is 1.99. The second-order valence-electron chi connectivity index (χ2n) is 4.94. The van der Waals surface area contributed by atoms with Crippen LogP contribution in [0, 0.1) is 6.92 Å². The molecule has 1 aromatic carbocycles. The molecule has 0 aliphatic rings. The third-order valence-electron chi connectivity index (χ3n) is 3.13. The van der Waals surface area contributed by atoms with Gasteiger partial charge in [-0.1, -0.05) is 29.8 Å². The lowest BCUT2D eigenvalue weighted by Crippen LogP contribution is -2.38. The minimum absolute atomic E-state index is 0.677. The van der Waals surface area contributed by atoms with Gasteiger partial charge in [-0.3, -0.25) is 0 Å². The van der Waals surface area contributed by atoms with Crippen molar-refractivity contribution in [2.75, 3.05) is 13.1 Å². The predicted octanol–water partition coefficient (Wildman–Crippen LogP) is 2.89. The van der Waals surface area contributed by atoms with Crippen molar-refractivity contribution >= 4 is 5.96 Å². The van der Waals surface area contributed by atoms with Crippen molar-refractivity contribution in [1.82, 2.24) is 10.6 Å². The van der Waals surface area contributed by atoms with E-state index >= 15 is 0 Å². The van der Waals surface area contributed by atoms with Gasteiger partial charge in [0.05, 0.1) is 12.8 Å². The summed E-state index contributed by atoms with van der Waals surface area (Å²) in [5.74, 6) is 1.82. The van der Waals surface area contributed by atoms with Gasteiger partial charge in [0.15, 0.2) is 5.96 Å². The third-order valence-corrected chi connectivity index (χ3v) is 3.13. The first kappa shape index (κ1) is 15.2. The van der Waals surface area contributed by atoms with E-state index in [-0.39, 0.29) is 0 Å². The van der Waals surface area contributed by atoms with Crippen molar-refractivity contribution in [1.29, 1.82) is 0 Å². The molecule has 0 saturated carbocycles. The molecule has 0 radical (unpaired) electrons. The number of furan rings is 1. The van der Waals surface area contributed by atoms with Crippen molar-refractivity contribution in [2.45, 2.75) is 26.8 Å². The van der Waals surface area contributed by atoms with Crippen molar-refractivity contribution in [3.05, 3.63) is 59.5 Å². The monoisotopic (exact) mass is 285 g/mol. The molecule has 0 aliphatic heterocycles. The zero-order valence-corrected chi connectivity index (χ0v) is 12.7. The van der Waals surface area contributed by atoms with Gasteiger partial charge in [-0.05, 0) is 31.5 Å². The van der Waals surface area contributed by atoms with Crippen LogP contribution in [0.25, 0.3) is 0 Å². The van der Waals surface area contributed by atoms with Crippen LogP contribution in [-0.2, 0) is 13.0 Å². The number of hydrogen-bond acceptors (Lipinski definition) is 2. The molecule has 0 bridgehead atoms. The minimum Gasteiger partial charge on any atom is -0.469 e. The Morgan fingerprint density at radius 3 is 2.62 bits per heavy atom. The summed E-state index contributed by atoms with van der Waals surface area (Å²) in [6.07, 6.45) is 2.55. The van der Waals surface area contributed by atoms with Gasteiger partial charge in [0.1, 0.15) is 5.76 Å². The van der Waals surface area contributed by atoms with E-state index in [0.717, 1.165) is 31.2 Å². The first-order chi connectivity index (χ1) is 10.3. The summed E-state index contributed by atoms with van der Waals surface area (Å²) in [5.41, 5.74) is 2.48. The molecule has 0 aliphatic carbocycles. The number of aliphatic imine (C=N–C) groups is 1. The lowest BCUT2D eigenvalue weighted by Gasteiger charge is -2.10. The fourth-order valence-electron chi connectivity index (χ4n) is 1.96. The molecule has 1 heterocycles. The summed E-state index contributed by atoms with van der Waals surface area (Å²) in [6.45, 7) is 6.48. The van der Waals surface area contributed by atoms with Gasteiger partial charge in [-0.2, -0.15) is 0 Å². The van der Waals surface area contributed by atoms with Crippen LogP contribution in [0.2, 0.25) is 0 Å². The fraction of sp³-hybridized carbons (Fsp3) is 0.353. The number of aryl methyl sites for hydroxylation is 1. The maximum atomic E-state index is 5.32. The Morgan fingerprint density at radius 2 is 1.95 bits per heavy atom. The van der Waals surface area contributed by atoms with E-state index in [2.05, 4.69) is 53.7 Å². The van der Waals surface area contributed by atoms with Crippen molar-refractivity contribution < 1.29 is 4.42 Å². The van der Waals surface area contributed by atoms with Crippen LogP contribution in [0.1, 0.15) is 23.8 Å². The van der Waals surface area contributed by atoms with Gasteiger partial charge >= 0.3 is 0 Å². The van der Waals surface area contributed by atoms with Gasteiger partial charge in [-0.15, -0.1) is 0 Å². The molecule has 2 N–H and O–H groups in total. The van der Waals surface area contributed by atoms with Gasteiger partial charge in [0.25, 0.3) is 0 Å². The summed E-state index contributed by atoms with van der Waals surface area (Å²) in [5, 5.41) is 6.57. The zero-order valence-electron chi connectivity index (χ0n) is 12.7. The number of guanidine groups is 1. The van der Waals surface area contributed by atoms with Crippen molar-refractivity contribution in [3.63, 3.8) is 0 Å². The molecule has 0 fully saturated rings. The number of benzene rings is 1. The van der Waals surface area contributed by atoms with Crippen molar-refractivity contribution in [2.24, 2.45) is 4.99 Å². The maximum Gasteiger partial charge on any atom is 0.191 e. The van der Waals surface area contributed by atoms with Gasteiger partial charge in [0, 0.05) is 19.5 Å². The van der Waals surface area contributed by atoms with Crippen LogP contribution in [0.4, 0.5) is 0 Å². The van der Waals surface area contributed by atoms with Crippen LogP contribution in [0.3, 0.4) is 0 Å². The number of hydrogen-bond donors (Lipinski definition) is 2. The Morgan fingerprint density at radius 1 is 1.14 bits per heavy atom. The highest BCUT2D eigenvalue weighted by molar-refractivity contribution is 5.79. The number of nitrogens with zero attached hydrogens (tertiary/aromatic N) is 1. The normalized spacial score (nSPS) is 11.4. The van der Waals surface area contributed by atoms with Gasteiger partial charge in [-0.25, -0.2) is 4.99 Å². The molecular formula is C17H23N3O. The summed E-state index contributed by atoms with van der Waals surface area (Å²) in [4.78, 5) is 4.60. The van der Waals surface area contributed by atoms with Crippen LogP contribution in [0.15, 0.2) is 52.1 Å². The molecule has 0 atom stereocenters. The quantitative estimate of drug-likeness (QED) is 0.634. The van der Waals surface area contributed by atoms with Gasteiger partial charge < -0.3 is 15.1 Å². The van der Waals surface area contributed by atoms with Gasteiger partial charge in [0.2, 0.25) is 0 Å². The molecular weight excluding hydrogens is 262 g/mol. The standard InChI is InChI=1S/C17H23N3O/c1-3-18-17(19-11-10-16-5-4-12-21-16)20-13-15-8-6-14(2)7-9-15/h4-9,12H,3,10-11,13H2,1-2H3,(H2,18,19,20). The SMILES string of the molecule is CCNC(=NCc1ccc(C)cc1)NCCc1ccco1. The Labute approximate surface area is 126 Å². The van der Waals surface area contributed by atoms with E-state index in [9.17, 15) is 0 Å². The summed E-state index contributed by atoms with van der Waals surface area (Å²) in [6, 6.07) is 12.4. The molecule has 21 heavy (non-hydrogen) atoms. The molecule has 0 unspecified atom stereocenters. The topological polar surface area (TPSA) is 49.6 Å². The van der Waals surface area contributed by atoms with Crippen molar-refractivity contribution in [3.8, 4) is 0 Å². The van der Waals surface area contributed by atoms with E-state index in [1.165, 1.54) is 11.1 Å². The molecule has 2 aromatic rings. The Bertz CT molecular complexity index is 544. The largest absolute Gasteiger partial charge is 0.469 e. The molecule has 112 valence electrons. The van der Waals surface area contributed by atoms with E-state index < -0.39 is 0 Å². The minimum atomic E-state index is 0.677. The van der Waals surface area contributed by atoms with E-state index in [1.807, 2.05) is 12.1 Å². The zero-order chi connectivity index (χ0) is 14.9. The molecule has 0 spiro atoms. The highest BCUT2D eigenvalue weighted by atomic mass is 16.3. The molecule has 1 aromatic heterocycles. The number of rotatable bonds is 6. The molecule has 0 amide bonds. The van der Waals surface area contributed by atoms with Crippen LogP contribution >= 0.6 is 0 Å². The Kier molecular flexibility index (Phi) is 5.88. The fourth-order valence-corrected chi connectivity index (χ4v) is 1.96. The smallest absolute Gasteiger partial charge is 0.191 e. The summed E-state index contributed by atoms with van der Waals surface area (Å²) < 4.78 is 5.32. The molecule has 0 saturated heterocycles. The van der Waals surface area contributed by atoms with E-state index in [0.29, 0.717) is 6.54 Å².